The number of rotatable bonds is 26. The van der Waals surface area contributed by atoms with E-state index >= 15 is 0 Å². The molecule has 18 rings (SSSR count). The van der Waals surface area contributed by atoms with E-state index in [2.05, 4.69) is 204 Å². The Kier molecular flexibility index (Phi) is 31.9. The molecule has 0 spiro atoms. The highest BCUT2D eigenvalue weighted by Crippen LogP contribution is 2.42. The van der Waals surface area contributed by atoms with Crippen LogP contribution in [0.1, 0.15) is 90.5 Å². The number of aromatic nitrogens is 6. The van der Waals surface area contributed by atoms with Gasteiger partial charge in [0.25, 0.3) is 0 Å². The van der Waals surface area contributed by atoms with Gasteiger partial charge in [0, 0.05) is 179 Å². The number of benzene rings is 6. The Morgan fingerprint density at radius 2 is 0.785 bits per heavy atom. The van der Waals surface area contributed by atoms with Crippen molar-refractivity contribution in [2.24, 2.45) is 5.92 Å². The molecular weight excluding hydrogens is 1710 g/mol. The third kappa shape index (κ3) is 22.4. The predicted molar refractivity (Wildman–Crippen MR) is 521 cm³/mol. The normalized spacial score (nSPS) is 20.1. The van der Waals surface area contributed by atoms with Crippen LogP contribution in [0, 0.1) is 46.4 Å². The van der Waals surface area contributed by atoms with Crippen LogP contribution >= 0.6 is 0 Å². The second-order valence-electron chi connectivity index (χ2n) is 36.4. The SMILES string of the molecule is [C-]#[N+]C[C@H]1CN(c2nc(OCC3CCC3)nc3c2CCN(c2cccc4cccc(C)c24)C3)CCN1C(=O)/C=C/CF.[C-]#[N+]C[C@H]1CN(c2nc(OCC3CN(C(C)C)CCO3)nc3c2CCN(c2cccc4cccc(C)c24)C3)CCN1C(=O)/C=C/CF.[C-]#[N+]C[C@H]1CN(c2nc(OCC3CN(CC)CCO3)nc3c2CCN(c2cccc4cccc(C)c24)C3)CCN1C(=O)/C=C/CF. The van der Waals surface area contributed by atoms with Crippen LogP contribution in [0.5, 0.6) is 18.0 Å². The zero-order valence-electron chi connectivity index (χ0n) is 78.4. The number of piperazine rings is 3. The van der Waals surface area contributed by atoms with Crippen molar-refractivity contribution < 1.29 is 51.2 Å². The van der Waals surface area contributed by atoms with E-state index in [4.69, 9.17) is 73.3 Å². The second-order valence-corrected chi connectivity index (χ2v) is 36.4. The first-order valence-corrected chi connectivity index (χ1v) is 47.7. The maximum absolute atomic E-state index is 12.8. The van der Waals surface area contributed by atoms with Crippen molar-refractivity contribution in [1.82, 2.24) is 54.4 Å². The highest BCUT2D eigenvalue weighted by atomic mass is 19.1. The molecule has 135 heavy (non-hydrogen) atoms. The van der Waals surface area contributed by atoms with E-state index in [9.17, 15) is 27.6 Å². The number of hydrogen-bond acceptors (Lipinski definition) is 22. The molecule has 8 aliphatic heterocycles. The number of nitrogens with zero attached hydrogens (tertiary/aromatic N) is 20. The number of aryl methyl sites for hydroxylation is 3. The predicted octanol–water partition coefficient (Wildman–Crippen LogP) is 13.7. The van der Waals surface area contributed by atoms with Crippen LogP contribution in [-0.2, 0) is 62.8 Å². The average molecular weight is 1840 g/mol. The fourth-order valence-electron chi connectivity index (χ4n) is 20.3. The van der Waals surface area contributed by atoms with E-state index in [1.54, 1.807) is 14.7 Å². The monoisotopic (exact) mass is 1840 g/mol. The van der Waals surface area contributed by atoms with Gasteiger partial charge in [0.15, 0.2) is 0 Å². The number of carbonyl (C=O) groups excluding carboxylic acids is 3. The third-order valence-corrected chi connectivity index (χ3v) is 27.6. The molecule has 11 heterocycles. The molecule has 31 heteroatoms. The topological polar surface area (TPSA) is 223 Å². The van der Waals surface area contributed by atoms with Crippen molar-refractivity contribution in [3.05, 3.63) is 230 Å². The quantitative estimate of drug-likeness (QED) is 0.0363. The summed E-state index contributed by atoms with van der Waals surface area (Å²) in [4.78, 5) is 103. The lowest BCUT2D eigenvalue weighted by Crippen LogP contribution is -2.56. The molecule has 0 bridgehead atoms. The number of allylic oxidation sites excluding steroid dienone is 3. The molecule has 3 aromatic heterocycles. The minimum atomic E-state index is -0.703. The summed E-state index contributed by atoms with van der Waals surface area (Å²) in [5.74, 6) is 2.21. The van der Waals surface area contributed by atoms with Gasteiger partial charge in [-0.15, -0.1) is 0 Å². The summed E-state index contributed by atoms with van der Waals surface area (Å²) in [5.41, 5.74) is 13.4. The van der Waals surface area contributed by atoms with Gasteiger partial charge in [-0.05, 0) is 148 Å². The number of halogens is 3. The second kappa shape index (κ2) is 45.1. The molecule has 28 nitrogen and oxygen atoms in total. The first-order chi connectivity index (χ1) is 65.9. The molecule has 6 aromatic carbocycles. The molecule has 5 saturated heterocycles. The summed E-state index contributed by atoms with van der Waals surface area (Å²) in [6.45, 7) is 49.6. The van der Waals surface area contributed by atoms with Gasteiger partial charge in [0.1, 0.15) is 81.0 Å². The summed E-state index contributed by atoms with van der Waals surface area (Å²) in [6.07, 6.45) is 13.2. The maximum Gasteiger partial charge on any atom is 0.318 e. The van der Waals surface area contributed by atoms with Gasteiger partial charge in [-0.25, -0.2) is 32.9 Å². The van der Waals surface area contributed by atoms with Gasteiger partial charge in [-0.1, -0.05) is 104 Å². The third-order valence-electron chi connectivity index (χ3n) is 27.6. The Labute approximate surface area is 789 Å². The van der Waals surface area contributed by atoms with Crippen molar-refractivity contribution in [1.29, 1.82) is 0 Å². The zero-order valence-corrected chi connectivity index (χ0v) is 78.4. The van der Waals surface area contributed by atoms with E-state index in [0.717, 1.165) is 123 Å². The number of hydrogen-bond donors (Lipinski definition) is 0. The molecule has 2 unspecified atom stereocenters. The van der Waals surface area contributed by atoms with Crippen LogP contribution in [0.25, 0.3) is 46.9 Å². The van der Waals surface area contributed by atoms with E-state index in [1.165, 1.54) is 122 Å². The number of amides is 3. The van der Waals surface area contributed by atoms with Crippen LogP contribution in [0.15, 0.2) is 146 Å². The lowest BCUT2D eigenvalue weighted by atomic mass is 9.86. The van der Waals surface area contributed by atoms with Crippen LogP contribution in [0.2, 0.25) is 0 Å². The molecule has 0 radical (unpaired) electrons. The van der Waals surface area contributed by atoms with Gasteiger partial charge in [-0.3, -0.25) is 24.2 Å². The van der Waals surface area contributed by atoms with Gasteiger partial charge in [0.2, 0.25) is 37.4 Å². The summed E-state index contributed by atoms with van der Waals surface area (Å²) in [6, 6.07) is 39.1. The van der Waals surface area contributed by atoms with E-state index in [0.29, 0.717) is 142 Å². The largest absolute Gasteiger partial charge is 0.463 e. The number of ether oxygens (including phenoxy) is 5. The van der Waals surface area contributed by atoms with Crippen molar-refractivity contribution >= 4 is 84.6 Å². The Hall–Kier alpha value is -12.7. The van der Waals surface area contributed by atoms with Crippen molar-refractivity contribution in [2.75, 3.05) is 213 Å². The summed E-state index contributed by atoms with van der Waals surface area (Å²) in [7, 11) is 0. The molecule has 0 N–H and O–H groups in total. The van der Waals surface area contributed by atoms with E-state index in [-0.39, 0.29) is 67.7 Å². The minimum Gasteiger partial charge on any atom is -0.463 e. The van der Waals surface area contributed by atoms with Gasteiger partial charge in [-0.2, -0.15) is 29.9 Å². The number of carbonyl (C=O) groups is 3. The highest BCUT2D eigenvalue weighted by Gasteiger charge is 2.41. The number of fused-ring (bicyclic) bond motifs is 6. The van der Waals surface area contributed by atoms with Crippen molar-refractivity contribution in [3.63, 3.8) is 0 Å². The van der Waals surface area contributed by atoms with Crippen molar-refractivity contribution in [3.8, 4) is 18.0 Å². The smallest absolute Gasteiger partial charge is 0.318 e. The fourth-order valence-corrected chi connectivity index (χ4v) is 20.3. The molecule has 1 aliphatic carbocycles. The van der Waals surface area contributed by atoms with Crippen LogP contribution < -0.4 is 43.6 Å². The molecule has 1 saturated carbocycles. The van der Waals surface area contributed by atoms with Gasteiger partial charge < -0.3 is 82.3 Å². The molecule has 3 amide bonds. The van der Waals surface area contributed by atoms with Crippen LogP contribution in [-0.4, -0.2) is 292 Å². The Balaban J connectivity index is 0.000000147. The van der Waals surface area contributed by atoms with E-state index in [1.807, 2.05) is 0 Å². The first kappa shape index (κ1) is 95.4. The highest BCUT2D eigenvalue weighted by molar-refractivity contribution is 5.99. The standard InChI is InChI=1S/C36H44FN7O3.C35H42FN7O3.C33H37FN6O2/c1-25(2)41-18-19-46-29(22-41)24-47-36-39-31-23-42(32-11-6-10-27-9-5-8-26(3)34(27)32)15-13-30(31)35(40-36)43-16-17-44(28(21-43)20-38-4)33(45)12-7-14-37;1-4-40-18-19-45-28(22-40)24-46-35-38-30-23-41(31-11-6-10-26-9-5-8-25(2)33(26)31)15-13-29(30)34(39-35)42-16-17-43(27(21-42)20-37-3)32(44)12-7-14-36;1-23-7-3-10-25-11-5-12-29(31(23)25)38-16-14-27-28(21-38)36-33(42-22-24-8-4-9-24)37-32(27)39-17-18-40(26(20-39)19-35-2)30(41)13-6-15-34/h5-12,25,28-29H,13-24H2,1-3H3;5-12,27-28H,4,13-24H2,1-2H3;3,5-7,10-13,24,26H,4,8-9,14-22H2,1H3/b2*12-7+;13-6+/t28-,29?;27-,28?;26-/m000/s1. The number of likely N-dealkylation sites (N-methyl/N-ethyl adjacent to an activating group) is 1. The van der Waals surface area contributed by atoms with Gasteiger partial charge in [0.05, 0.1) is 56.5 Å². The first-order valence-electron chi connectivity index (χ1n) is 47.7. The maximum atomic E-state index is 12.8. The summed E-state index contributed by atoms with van der Waals surface area (Å²) >= 11 is 0. The Morgan fingerprint density at radius 1 is 0.437 bits per heavy atom. The van der Waals surface area contributed by atoms with Crippen LogP contribution in [0.3, 0.4) is 0 Å². The zero-order chi connectivity index (χ0) is 94.0. The van der Waals surface area contributed by atoms with E-state index < -0.39 is 20.0 Å². The number of morpholine rings is 2. The molecule has 6 fully saturated rings. The van der Waals surface area contributed by atoms with Crippen molar-refractivity contribution in [2.45, 2.75) is 136 Å². The molecule has 9 aromatic rings. The lowest BCUT2D eigenvalue weighted by molar-refractivity contribution is -0.129. The molecular formula is C104H123F3N20O8. The average Bonchev–Trinajstić information content (AvgIpc) is 0.772. The Bertz CT molecular complexity index is 5920. The fraction of sp³-hybridized carbons (Fsp3) is 0.481. The molecule has 5 atom stereocenters. The minimum absolute atomic E-state index is 0.0677. The van der Waals surface area contributed by atoms with Crippen LogP contribution in [0.4, 0.5) is 47.7 Å². The lowest BCUT2D eigenvalue weighted by Gasteiger charge is -2.41. The number of alkyl halides is 3. The number of anilines is 6. The van der Waals surface area contributed by atoms with Gasteiger partial charge >= 0.3 is 18.0 Å². The molecule has 708 valence electrons. The summed E-state index contributed by atoms with van der Waals surface area (Å²) in [5, 5.41) is 7.42. The Morgan fingerprint density at radius 3 is 1.12 bits per heavy atom. The summed E-state index contributed by atoms with van der Waals surface area (Å²) < 4.78 is 69.0. The molecule has 9 aliphatic rings.